The van der Waals surface area contributed by atoms with E-state index in [1.165, 1.54) is 24.7 Å². The summed E-state index contributed by atoms with van der Waals surface area (Å²) in [4.78, 5) is 20.1. The number of hydrogen-bond donors (Lipinski definition) is 2. The zero-order chi connectivity index (χ0) is 18.7. The van der Waals surface area contributed by atoms with Crippen molar-refractivity contribution >= 4 is 23.6 Å². The van der Waals surface area contributed by atoms with Crippen LogP contribution in [0, 0.1) is 5.82 Å². The van der Waals surface area contributed by atoms with Crippen LogP contribution in [0.1, 0.15) is 11.1 Å². The Morgan fingerprint density at radius 3 is 2.73 bits per heavy atom. The number of amides is 1. The number of anilines is 1. The summed E-state index contributed by atoms with van der Waals surface area (Å²) >= 11 is 0. The molecule has 9 heteroatoms. The van der Waals surface area contributed by atoms with Crippen LogP contribution in [0.25, 0.3) is 5.70 Å². The fraction of sp³-hybridized carbons (Fsp3) is 0.118. The van der Waals surface area contributed by atoms with E-state index >= 15 is 0 Å². The minimum absolute atomic E-state index is 0.0871. The van der Waals surface area contributed by atoms with Crippen LogP contribution < -0.4 is 10.6 Å². The Bertz CT molecular complexity index is 878. The van der Waals surface area contributed by atoms with E-state index in [0.717, 1.165) is 6.07 Å². The van der Waals surface area contributed by atoms with E-state index in [4.69, 9.17) is 0 Å². The number of rotatable bonds is 3. The minimum atomic E-state index is -4.82. The van der Waals surface area contributed by atoms with E-state index in [1.54, 1.807) is 18.3 Å². The van der Waals surface area contributed by atoms with E-state index in [9.17, 15) is 22.4 Å². The number of aromatic nitrogens is 1. The molecule has 1 atom stereocenters. The lowest BCUT2D eigenvalue weighted by Gasteiger charge is -2.18. The fourth-order valence-corrected chi connectivity index (χ4v) is 2.32. The summed E-state index contributed by atoms with van der Waals surface area (Å²) in [6.45, 7) is 0. The molecule has 3 rings (SSSR count). The molecule has 0 saturated carbocycles. The van der Waals surface area contributed by atoms with Gasteiger partial charge in [-0.2, -0.15) is 13.2 Å². The van der Waals surface area contributed by atoms with Crippen LogP contribution in [0.3, 0.4) is 0 Å². The second-order valence-corrected chi connectivity index (χ2v) is 5.37. The first-order valence-electron chi connectivity index (χ1n) is 7.42. The van der Waals surface area contributed by atoms with Gasteiger partial charge in [0.15, 0.2) is 6.04 Å². The van der Waals surface area contributed by atoms with Crippen LogP contribution in [0.15, 0.2) is 53.8 Å². The van der Waals surface area contributed by atoms with Crippen molar-refractivity contribution in [2.24, 2.45) is 4.99 Å². The van der Waals surface area contributed by atoms with Gasteiger partial charge in [-0.05, 0) is 42.0 Å². The average molecular weight is 364 g/mol. The first-order valence-corrected chi connectivity index (χ1v) is 7.42. The van der Waals surface area contributed by atoms with Gasteiger partial charge in [-0.15, -0.1) is 0 Å². The molecule has 134 valence electrons. The van der Waals surface area contributed by atoms with Gasteiger partial charge in [0.25, 0.3) is 5.91 Å². The lowest BCUT2D eigenvalue weighted by atomic mass is 10.0. The molecule has 2 N–H and O–H groups in total. The fourth-order valence-electron chi connectivity index (χ4n) is 2.32. The van der Waals surface area contributed by atoms with Crippen molar-refractivity contribution in [3.63, 3.8) is 0 Å². The molecule has 1 aliphatic rings. The van der Waals surface area contributed by atoms with E-state index in [-0.39, 0.29) is 11.3 Å². The lowest BCUT2D eigenvalue weighted by molar-refractivity contribution is -0.140. The summed E-state index contributed by atoms with van der Waals surface area (Å²) in [5, 5.41) is 5.27. The molecule has 2 aromatic rings. The smallest absolute Gasteiger partial charge is 0.346 e. The summed E-state index contributed by atoms with van der Waals surface area (Å²) < 4.78 is 52.0. The van der Waals surface area contributed by atoms with Crippen molar-refractivity contribution in [3.8, 4) is 0 Å². The first-order chi connectivity index (χ1) is 12.3. The molecule has 0 saturated heterocycles. The number of benzene rings is 1. The van der Waals surface area contributed by atoms with E-state index in [1.807, 2.05) is 0 Å². The van der Waals surface area contributed by atoms with Gasteiger partial charge in [-0.25, -0.2) is 4.39 Å². The molecule has 0 radical (unpaired) electrons. The molecule has 0 spiro atoms. The maximum atomic E-state index is 13.4. The zero-order valence-corrected chi connectivity index (χ0v) is 13.1. The number of carbonyl (C=O) groups is 1. The zero-order valence-electron chi connectivity index (χ0n) is 13.1. The third kappa shape index (κ3) is 3.88. The molecular weight excluding hydrogens is 352 g/mol. The molecular formula is C17H12F4N4O. The number of alkyl halides is 3. The van der Waals surface area contributed by atoms with Crippen molar-refractivity contribution in [3.05, 3.63) is 65.7 Å². The topological polar surface area (TPSA) is 66.4 Å². The molecule has 1 unspecified atom stereocenters. The molecule has 5 nitrogen and oxygen atoms in total. The van der Waals surface area contributed by atoms with Gasteiger partial charge in [0.05, 0.1) is 23.8 Å². The monoisotopic (exact) mass is 364 g/mol. The SMILES string of the molecule is O=C(Nc1cccnc1)C1C=C(c2ccc(F)c(C(F)(F)F)c2)NC=N1. The minimum Gasteiger partial charge on any atom is -0.346 e. The van der Waals surface area contributed by atoms with Crippen LogP contribution >= 0.6 is 0 Å². The Morgan fingerprint density at radius 2 is 2.04 bits per heavy atom. The maximum absolute atomic E-state index is 13.4. The predicted octanol–water partition coefficient (Wildman–Crippen LogP) is 3.22. The second-order valence-electron chi connectivity index (χ2n) is 5.37. The maximum Gasteiger partial charge on any atom is 0.419 e. The Kier molecular flexibility index (Phi) is 4.70. The molecule has 1 aromatic heterocycles. The molecule has 1 aliphatic heterocycles. The van der Waals surface area contributed by atoms with Gasteiger partial charge in [0.2, 0.25) is 0 Å². The highest BCUT2D eigenvalue weighted by Crippen LogP contribution is 2.33. The van der Waals surface area contributed by atoms with Crippen molar-refractivity contribution in [2.45, 2.75) is 12.2 Å². The Labute approximate surface area is 145 Å². The van der Waals surface area contributed by atoms with Crippen molar-refractivity contribution in [1.29, 1.82) is 0 Å². The van der Waals surface area contributed by atoms with E-state index in [2.05, 4.69) is 20.6 Å². The third-order valence-corrected chi connectivity index (χ3v) is 3.56. The lowest BCUT2D eigenvalue weighted by Crippen LogP contribution is -2.30. The molecule has 26 heavy (non-hydrogen) atoms. The van der Waals surface area contributed by atoms with Crippen molar-refractivity contribution in [1.82, 2.24) is 10.3 Å². The Hall–Kier alpha value is -3.23. The third-order valence-electron chi connectivity index (χ3n) is 3.56. The number of aliphatic imine (C=N–C) groups is 1. The van der Waals surface area contributed by atoms with Crippen LogP contribution in [0.2, 0.25) is 0 Å². The van der Waals surface area contributed by atoms with Crippen LogP contribution in [-0.2, 0) is 11.0 Å². The summed E-state index contributed by atoms with van der Waals surface area (Å²) in [6.07, 6.45) is 0.741. The first kappa shape index (κ1) is 17.6. The van der Waals surface area contributed by atoms with Crippen LogP contribution in [0.5, 0.6) is 0 Å². The highest BCUT2D eigenvalue weighted by Gasteiger charge is 2.34. The normalized spacial score (nSPS) is 16.6. The van der Waals surface area contributed by atoms with E-state index in [0.29, 0.717) is 11.8 Å². The number of nitrogens with one attached hydrogen (secondary N) is 2. The largest absolute Gasteiger partial charge is 0.419 e. The number of hydrogen-bond acceptors (Lipinski definition) is 4. The highest BCUT2D eigenvalue weighted by atomic mass is 19.4. The Balaban J connectivity index is 1.84. The highest BCUT2D eigenvalue weighted by molar-refractivity contribution is 5.99. The van der Waals surface area contributed by atoms with E-state index < -0.39 is 29.5 Å². The number of halogens is 4. The van der Waals surface area contributed by atoms with Gasteiger partial charge >= 0.3 is 6.18 Å². The van der Waals surface area contributed by atoms with Gasteiger partial charge < -0.3 is 10.6 Å². The van der Waals surface area contributed by atoms with Crippen molar-refractivity contribution in [2.75, 3.05) is 5.32 Å². The summed E-state index contributed by atoms with van der Waals surface area (Å²) in [5.41, 5.74) is -0.611. The Morgan fingerprint density at radius 1 is 1.23 bits per heavy atom. The van der Waals surface area contributed by atoms with Gasteiger partial charge in [0.1, 0.15) is 5.82 Å². The predicted molar refractivity (Wildman–Crippen MR) is 87.7 cm³/mol. The van der Waals surface area contributed by atoms with Gasteiger partial charge in [-0.1, -0.05) is 0 Å². The van der Waals surface area contributed by atoms with Crippen LogP contribution in [-0.4, -0.2) is 23.3 Å². The number of pyridine rings is 1. The van der Waals surface area contributed by atoms with Crippen LogP contribution in [0.4, 0.5) is 23.2 Å². The molecule has 0 fully saturated rings. The number of carbonyl (C=O) groups excluding carboxylic acids is 1. The summed E-state index contributed by atoms with van der Waals surface area (Å²) in [5.74, 6) is -1.84. The summed E-state index contributed by atoms with van der Waals surface area (Å²) in [7, 11) is 0. The van der Waals surface area contributed by atoms with Gasteiger partial charge in [0, 0.05) is 11.9 Å². The molecule has 0 bridgehead atoms. The number of nitrogens with zero attached hydrogens (tertiary/aromatic N) is 2. The molecule has 1 amide bonds. The molecule has 1 aromatic carbocycles. The standard InChI is InChI=1S/C17H12F4N4O/c18-13-4-3-10(6-12(13)17(19,20)21)14-7-15(24-9-23-14)16(26)25-11-2-1-5-22-8-11/h1-9,15H,(H,23,24)(H,25,26). The summed E-state index contributed by atoms with van der Waals surface area (Å²) in [6, 6.07) is 4.93. The molecule has 2 heterocycles. The second kappa shape index (κ2) is 6.95. The quantitative estimate of drug-likeness (QED) is 0.822. The molecule has 0 aliphatic carbocycles. The average Bonchev–Trinajstić information content (AvgIpc) is 2.62. The van der Waals surface area contributed by atoms with Gasteiger partial charge in [-0.3, -0.25) is 14.8 Å². The van der Waals surface area contributed by atoms with Crippen molar-refractivity contribution < 1.29 is 22.4 Å².